The van der Waals surface area contributed by atoms with E-state index in [9.17, 15) is 0 Å². The summed E-state index contributed by atoms with van der Waals surface area (Å²) < 4.78 is 10.3. The van der Waals surface area contributed by atoms with Crippen LogP contribution in [-0.2, 0) is 0 Å². The van der Waals surface area contributed by atoms with Gasteiger partial charge in [-0.25, -0.2) is 0 Å². The van der Waals surface area contributed by atoms with Crippen LogP contribution in [0.25, 0.3) is 0 Å². The quantitative estimate of drug-likeness (QED) is 0.537. The molecule has 0 saturated heterocycles. The highest BCUT2D eigenvalue weighted by atomic mass is 16.7. The summed E-state index contributed by atoms with van der Waals surface area (Å²) in [4.78, 5) is 0. The van der Waals surface area contributed by atoms with Crippen LogP contribution in [0.4, 0.5) is 0 Å². The third-order valence-electron chi connectivity index (χ3n) is 1.52. The fourth-order valence-electron chi connectivity index (χ4n) is 1.01. The summed E-state index contributed by atoms with van der Waals surface area (Å²) in [5, 5.41) is 0. The van der Waals surface area contributed by atoms with E-state index in [0.717, 1.165) is 17.1 Å². The summed E-state index contributed by atoms with van der Waals surface area (Å²) in [7, 11) is 0. The van der Waals surface area contributed by atoms with Crippen molar-refractivity contribution in [1.82, 2.24) is 0 Å². The van der Waals surface area contributed by atoms with Crippen LogP contribution in [0.3, 0.4) is 0 Å². The zero-order valence-corrected chi connectivity index (χ0v) is 5.68. The zero-order valence-electron chi connectivity index (χ0n) is 5.68. The van der Waals surface area contributed by atoms with Gasteiger partial charge in [0, 0.05) is 5.56 Å². The third kappa shape index (κ3) is 0.652. The summed E-state index contributed by atoms with van der Waals surface area (Å²) in [6.45, 7) is 2.29. The molecule has 0 unspecified atom stereocenters. The van der Waals surface area contributed by atoms with Crippen LogP contribution >= 0.6 is 0 Å². The summed E-state index contributed by atoms with van der Waals surface area (Å²) in [5.41, 5.74) is 1.01. The Balaban J connectivity index is 2.59. The van der Waals surface area contributed by atoms with Gasteiger partial charge in [0.2, 0.25) is 6.79 Å². The maximum atomic E-state index is 5.18. The minimum atomic E-state index is 0.341. The molecular weight excluding hydrogens is 128 g/mol. The predicted molar refractivity (Wildman–Crippen MR) is 36.1 cm³/mol. The minimum Gasteiger partial charge on any atom is -0.454 e. The molecule has 51 valence electrons. The molecule has 2 rings (SSSR count). The monoisotopic (exact) mass is 135 g/mol. The van der Waals surface area contributed by atoms with Gasteiger partial charge in [-0.05, 0) is 19.1 Å². The van der Waals surface area contributed by atoms with Gasteiger partial charge in [0.1, 0.15) is 0 Å². The molecule has 0 N–H and O–H groups in total. The maximum Gasteiger partial charge on any atom is 0.231 e. The lowest BCUT2D eigenvalue weighted by atomic mass is 10.2. The van der Waals surface area contributed by atoms with Crippen molar-refractivity contribution >= 4 is 0 Å². The highest BCUT2D eigenvalue weighted by Crippen LogP contribution is 2.33. The highest BCUT2D eigenvalue weighted by Gasteiger charge is 2.13. The lowest BCUT2D eigenvalue weighted by molar-refractivity contribution is 0.173. The molecule has 0 amide bonds. The van der Waals surface area contributed by atoms with Gasteiger partial charge in [0.15, 0.2) is 11.5 Å². The average Bonchev–Trinajstić information content (AvgIpc) is 2.36. The molecule has 1 aromatic carbocycles. The molecule has 0 saturated carbocycles. The summed E-state index contributed by atoms with van der Waals surface area (Å²) in [5.74, 6) is 1.67. The smallest absolute Gasteiger partial charge is 0.231 e. The van der Waals surface area contributed by atoms with Crippen molar-refractivity contribution in [3.8, 4) is 11.5 Å². The topological polar surface area (TPSA) is 18.5 Å². The molecule has 0 atom stereocenters. The van der Waals surface area contributed by atoms with E-state index in [1.807, 2.05) is 19.1 Å². The van der Waals surface area contributed by atoms with Crippen molar-refractivity contribution in [3.63, 3.8) is 0 Å². The molecule has 1 heterocycles. The van der Waals surface area contributed by atoms with Crippen molar-refractivity contribution in [2.45, 2.75) is 6.92 Å². The van der Waals surface area contributed by atoms with Crippen LogP contribution in [0.2, 0.25) is 0 Å². The average molecular weight is 135 g/mol. The van der Waals surface area contributed by atoms with Gasteiger partial charge in [-0.2, -0.15) is 0 Å². The van der Waals surface area contributed by atoms with Crippen LogP contribution < -0.4 is 9.47 Å². The predicted octanol–water partition coefficient (Wildman–Crippen LogP) is 1.52. The van der Waals surface area contributed by atoms with Gasteiger partial charge in [0.05, 0.1) is 0 Å². The first-order valence-electron chi connectivity index (χ1n) is 3.15. The van der Waals surface area contributed by atoms with Crippen LogP contribution in [0.5, 0.6) is 11.5 Å². The number of ether oxygens (including phenoxy) is 2. The number of benzene rings is 1. The van der Waals surface area contributed by atoms with E-state index < -0.39 is 0 Å². The molecule has 1 aliphatic heterocycles. The lowest BCUT2D eigenvalue weighted by Gasteiger charge is -1.96. The van der Waals surface area contributed by atoms with E-state index in [-0.39, 0.29) is 0 Å². The van der Waals surface area contributed by atoms with Gasteiger partial charge in [0.25, 0.3) is 0 Å². The standard InChI is InChI=1S/C8H7O2/c1-6-3-2-4-7-8(6)10-5-9-7/h2,4H,5H2,1H3. The zero-order chi connectivity index (χ0) is 6.97. The SMILES string of the molecule is Cc1[c]ccc2c1OCO2. The Labute approximate surface area is 59.4 Å². The third-order valence-corrected chi connectivity index (χ3v) is 1.52. The second kappa shape index (κ2) is 1.90. The molecule has 2 nitrogen and oxygen atoms in total. The summed E-state index contributed by atoms with van der Waals surface area (Å²) >= 11 is 0. The molecule has 0 bridgehead atoms. The van der Waals surface area contributed by atoms with Crippen molar-refractivity contribution in [2.75, 3.05) is 6.79 Å². The van der Waals surface area contributed by atoms with Gasteiger partial charge >= 0.3 is 0 Å². The summed E-state index contributed by atoms with van der Waals surface area (Å²) in [6.07, 6.45) is 0. The Morgan fingerprint density at radius 3 is 3.20 bits per heavy atom. The van der Waals surface area contributed by atoms with Crippen molar-refractivity contribution < 1.29 is 9.47 Å². The van der Waals surface area contributed by atoms with Gasteiger partial charge < -0.3 is 9.47 Å². The van der Waals surface area contributed by atoms with Gasteiger partial charge in [-0.15, -0.1) is 0 Å². The Bertz CT molecular complexity index is 255. The number of aryl methyl sites for hydroxylation is 1. The first kappa shape index (κ1) is 5.59. The Morgan fingerprint density at radius 1 is 1.50 bits per heavy atom. The van der Waals surface area contributed by atoms with Crippen LogP contribution in [0.15, 0.2) is 12.1 Å². The largest absolute Gasteiger partial charge is 0.454 e. The molecule has 2 heteroatoms. The van der Waals surface area contributed by atoms with E-state index in [1.165, 1.54) is 0 Å². The second-order valence-corrected chi connectivity index (χ2v) is 2.20. The van der Waals surface area contributed by atoms with Gasteiger partial charge in [-0.3, -0.25) is 0 Å². The highest BCUT2D eigenvalue weighted by molar-refractivity contribution is 5.46. The molecule has 1 aromatic rings. The molecule has 0 spiro atoms. The normalized spacial score (nSPS) is 13.7. The number of fused-ring (bicyclic) bond motifs is 1. The maximum absolute atomic E-state index is 5.18. The van der Waals surface area contributed by atoms with Gasteiger partial charge in [-0.1, -0.05) is 6.07 Å². The number of rotatable bonds is 0. The van der Waals surface area contributed by atoms with Crippen LogP contribution in [-0.4, -0.2) is 6.79 Å². The van der Waals surface area contributed by atoms with E-state index >= 15 is 0 Å². The molecule has 0 aromatic heterocycles. The molecule has 0 fully saturated rings. The first-order valence-corrected chi connectivity index (χ1v) is 3.15. The Hall–Kier alpha value is -1.18. The fraction of sp³-hybridized carbons (Fsp3) is 0.250. The fourth-order valence-corrected chi connectivity index (χ4v) is 1.01. The number of hydrogen-bond acceptors (Lipinski definition) is 2. The van der Waals surface area contributed by atoms with E-state index in [0.29, 0.717) is 6.79 Å². The number of hydrogen-bond donors (Lipinski definition) is 0. The Kier molecular flexibility index (Phi) is 1.07. The van der Waals surface area contributed by atoms with E-state index in [1.54, 1.807) is 0 Å². The first-order chi connectivity index (χ1) is 4.88. The van der Waals surface area contributed by atoms with Crippen LogP contribution in [0, 0.1) is 13.0 Å². The summed E-state index contributed by atoms with van der Waals surface area (Å²) in [6, 6.07) is 6.72. The molecule has 10 heavy (non-hydrogen) atoms. The minimum absolute atomic E-state index is 0.341. The lowest BCUT2D eigenvalue weighted by Crippen LogP contribution is -1.93. The second-order valence-electron chi connectivity index (χ2n) is 2.20. The Morgan fingerprint density at radius 2 is 2.40 bits per heavy atom. The molecule has 1 aliphatic rings. The van der Waals surface area contributed by atoms with Crippen molar-refractivity contribution in [2.24, 2.45) is 0 Å². The molecular formula is C8H7O2. The van der Waals surface area contributed by atoms with E-state index in [4.69, 9.17) is 9.47 Å². The van der Waals surface area contributed by atoms with Crippen molar-refractivity contribution in [1.29, 1.82) is 0 Å². The molecule has 1 radical (unpaired) electrons. The molecule has 0 aliphatic carbocycles. The van der Waals surface area contributed by atoms with Crippen LogP contribution in [0.1, 0.15) is 5.56 Å². The van der Waals surface area contributed by atoms with E-state index in [2.05, 4.69) is 6.07 Å². The van der Waals surface area contributed by atoms with Crippen molar-refractivity contribution in [3.05, 3.63) is 23.8 Å².